The van der Waals surface area contributed by atoms with Gasteiger partial charge in [-0.05, 0) is 32.6 Å². The minimum absolute atomic E-state index is 0.00322. The third-order valence-electron chi connectivity index (χ3n) is 3.56. The van der Waals surface area contributed by atoms with Crippen molar-refractivity contribution in [3.63, 3.8) is 0 Å². The fraction of sp³-hybridized carbons (Fsp3) is 0.643. The highest BCUT2D eigenvalue weighted by molar-refractivity contribution is 7.19. The Hall–Kier alpha value is -1.43. The van der Waals surface area contributed by atoms with Crippen LogP contribution in [0.15, 0.2) is 0 Å². The molecule has 1 aliphatic carbocycles. The zero-order valence-corrected chi connectivity index (χ0v) is 13.1. The van der Waals surface area contributed by atoms with Gasteiger partial charge in [0.1, 0.15) is 15.6 Å². The molecule has 1 aliphatic rings. The molecule has 1 heterocycles. The maximum Gasteiger partial charge on any atom is 0.261 e. The molecule has 0 aliphatic heterocycles. The summed E-state index contributed by atoms with van der Waals surface area (Å²) in [5.74, 6) is 0.831. The Bertz CT molecular complexity index is 495. The van der Waals surface area contributed by atoms with Gasteiger partial charge in [0, 0.05) is 13.6 Å². The van der Waals surface area contributed by atoms with E-state index in [4.69, 9.17) is 16.2 Å². The van der Waals surface area contributed by atoms with E-state index in [1.54, 1.807) is 0 Å². The number of rotatable bonds is 6. The minimum atomic E-state index is -0.496. The normalized spacial score (nSPS) is 15.2. The topological polar surface area (TPSA) is 81.6 Å². The molecule has 1 fully saturated rings. The number of nitrogens with zero attached hydrogens (tertiary/aromatic N) is 1. The van der Waals surface area contributed by atoms with Gasteiger partial charge in [0.05, 0.1) is 6.10 Å². The highest BCUT2D eigenvalue weighted by atomic mass is 32.1. The molecule has 0 bridgehead atoms. The molecule has 1 aromatic rings. The van der Waals surface area contributed by atoms with Crippen LogP contribution in [0.5, 0.6) is 5.75 Å². The van der Waals surface area contributed by atoms with Crippen molar-refractivity contribution in [1.29, 1.82) is 0 Å². The highest BCUT2D eigenvalue weighted by Crippen LogP contribution is 2.45. The van der Waals surface area contributed by atoms with Crippen molar-refractivity contribution in [3.05, 3.63) is 4.88 Å². The van der Waals surface area contributed by atoms with Crippen molar-refractivity contribution in [2.45, 2.75) is 39.2 Å². The average molecular weight is 297 g/mol. The lowest BCUT2D eigenvalue weighted by atomic mass is 9.85. The number of carbonyl (C=O) groups excluding carboxylic acids is 1. The Labute approximate surface area is 123 Å². The number of nitrogens with two attached hydrogens (primary N) is 2. The Kier molecular flexibility index (Phi) is 4.42. The Balaban J connectivity index is 2.28. The molecule has 0 radical (unpaired) electrons. The molecule has 5 nitrogen and oxygen atoms in total. The Morgan fingerprint density at radius 3 is 2.60 bits per heavy atom. The SMILES string of the molecule is CC(C)Oc1c(N(C)CC2CCC2)sc(C(N)=O)c1N. The van der Waals surface area contributed by atoms with Gasteiger partial charge in [-0.15, -0.1) is 11.3 Å². The fourth-order valence-electron chi connectivity index (χ4n) is 2.35. The summed E-state index contributed by atoms with van der Waals surface area (Å²) in [6, 6.07) is 0. The van der Waals surface area contributed by atoms with Gasteiger partial charge in [-0.25, -0.2) is 0 Å². The van der Waals surface area contributed by atoms with Gasteiger partial charge in [0.2, 0.25) is 0 Å². The molecule has 0 saturated heterocycles. The molecule has 0 aromatic carbocycles. The molecule has 20 heavy (non-hydrogen) atoms. The van der Waals surface area contributed by atoms with E-state index in [0.717, 1.165) is 17.5 Å². The van der Waals surface area contributed by atoms with Crippen molar-refractivity contribution in [3.8, 4) is 5.75 Å². The smallest absolute Gasteiger partial charge is 0.261 e. The monoisotopic (exact) mass is 297 g/mol. The molecule has 6 heteroatoms. The van der Waals surface area contributed by atoms with Crippen LogP contribution in [-0.2, 0) is 0 Å². The second-order valence-corrected chi connectivity index (χ2v) is 6.69. The predicted octanol–water partition coefficient (Wildman–Crippen LogP) is 2.45. The van der Waals surface area contributed by atoms with Gasteiger partial charge in [-0.2, -0.15) is 0 Å². The van der Waals surface area contributed by atoms with Crippen LogP contribution in [0.2, 0.25) is 0 Å². The summed E-state index contributed by atoms with van der Waals surface area (Å²) in [4.78, 5) is 14.0. The number of carbonyl (C=O) groups is 1. The first-order valence-corrected chi connectivity index (χ1v) is 7.81. The van der Waals surface area contributed by atoms with E-state index < -0.39 is 5.91 Å². The standard InChI is InChI=1S/C14H23N3O2S/c1-8(2)19-11-10(15)12(13(16)18)20-14(11)17(3)7-9-5-4-6-9/h8-9H,4-7,15H2,1-3H3,(H2,16,18). The average Bonchev–Trinajstić information content (AvgIpc) is 2.61. The molecule has 1 saturated carbocycles. The summed E-state index contributed by atoms with van der Waals surface area (Å²) < 4.78 is 5.80. The second kappa shape index (κ2) is 5.91. The van der Waals surface area contributed by atoms with Crippen molar-refractivity contribution >= 4 is 27.9 Å². The first kappa shape index (κ1) is 15.0. The lowest BCUT2D eigenvalue weighted by molar-refractivity contribution is 0.100. The lowest BCUT2D eigenvalue weighted by Gasteiger charge is -2.31. The zero-order chi connectivity index (χ0) is 14.9. The number of primary amides is 1. The van der Waals surface area contributed by atoms with E-state index in [9.17, 15) is 4.79 Å². The van der Waals surface area contributed by atoms with Crippen LogP contribution in [0.3, 0.4) is 0 Å². The largest absolute Gasteiger partial charge is 0.486 e. The van der Waals surface area contributed by atoms with Gasteiger partial charge < -0.3 is 21.1 Å². The number of hydrogen-bond donors (Lipinski definition) is 2. The number of anilines is 2. The second-order valence-electron chi connectivity index (χ2n) is 5.69. The Morgan fingerprint density at radius 1 is 1.50 bits per heavy atom. The quantitative estimate of drug-likeness (QED) is 0.845. The molecular weight excluding hydrogens is 274 g/mol. The minimum Gasteiger partial charge on any atom is -0.486 e. The van der Waals surface area contributed by atoms with Crippen LogP contribution in [0, 0.1) is 5.92 Å². The summed E-state index contributed by atoms with van der Waals surface area (Å²) in [6.07, 6.45) is 3.86. The fourth-order valence-corrected chi connectivity index (χ4v) is 3.32. The number of amides is 1. The van der Waals surface area contributed by atoms with Gasteiger partial charge in [-0.1, -0.05) is 6.42 Å². The maximum absolute atomic E-state index is 11.5. The van der Waals surface area contributed by atoms with E-state index >= 15 is 0 Å². The third kappa shape index (κ3) is 3.00. The van der Waals surface area contributed by atoms with Gasteiger partial charge in [0.15, 0.2) is 5.75 Å². The van der Waals surface area contributed by atoms with E-state index in [1.807, 2.05) is 20.9 Å². The molecule has 112 valence electrons. The van der Waals surface area contributed by atoms with Crippen molar-refractivity contribution in [2.24, 2.45) is 11.7 Å². The van der Waals surface area contributed by atoms with E-state index in [1.165, 1.54) is 30.6 Å². The van der Waals surface area contributed by atoms with Crippen molar-refractivity contribution in [2.75, 3.05) is 24.2 Å². The summed E-state index contributed by atoms with van der Waals surface area (Å²) in [5, 5.41) is 0.900. The molecule has 0 atom stereocenters. The van der Waals surface area contributed by atoms with E-state index in [2.05, 4.69) is 4.90 Å². The van der Waals surface area contributed by atoms with Crippen molar-refractivity contribution in [1.82, 2.24) is 0 Å². The molecular formula is C14H23N3O2S. The highest BCUT2D eigenvalue weighted by Gasteiger charge is 2.26. The summed E-state index contributed by atoms with van der Waals surface area (Å²) in [7, 11) is 2.02. The summed E-state index contributed by atoms with van der Waals surface area (Å²) in [6.45, 7) is 4.85. The van der Waals surface area contributed by atoms with Crippen LogP contribution < -0.4 is 21.1 Å². The summed E-state index contributed by atoms with van der Waals surface area (Å²) in [5.41, 5.74) is 11.8. The molecule has 4 N–H and O–H groups in total. The number of hydrogen-bond acceptors (Lipinski definition) is 5. The van der Waals surface area contributed by atoms with Gasteiger partial charge in [0.25, 0.3) is 5.91 Å². The molecule has 1 aromatic heterocycles. The van der Waals surface area contributed by atoms with E-state index in [-0.39, 0.29) is 6.10 Å². The van der Waals surface area contributed by atoms with Crippen LogP contribution in [0.1, 0.15) is 42.8 Å². The van der Waals surface area contributed by atoms with Gasteiger partial charge >= 0.3 is 0 Å². The first-order chi connectivity index (χ1) is 9.40. The van der Waals surface area contributed by atoms with Crippen molar-refractivity contribution < 1.29 is 9.53 Å². The number of thiophene rings is 1. The van der Waals surface area contributed by atoms with Gasteiger partial charge in [-0.3, -0.25) is 4.79 Å². The third-order valence-corrected chi connectivity index (χ3v) is 4.88. The van der Waals surface area contributed by atoms with Crippen LogP contribution in [0.25, 0.3) is 0 Å². The number of nitrogen functional groups attached to an aromatic ring is 1. The molecule has 0 unspecified atom stereocenters. The first-order valence-electron chi connectivity index (χ1n) is 7.00. The molecule has 0 spiro atoms. The number of ether oxygens (including phenoxy) is 1. The van der Waals surface area contributed by atoms with Crippen LogP contribution in [-0.4, -0.2) is 25.6 Å². The van der Waals surface area contributed by atoms with Crippen LogP contribution in [0.4, 0.5) is 10.7 Å². The maximum atomic E-state index is 11.5. The lowest BCUT2D eigenvalue weighted by Crippen LogP contribution is -2.29. The predicted molar refractivity (Wildman–Crippen MR) is 83.6 cm³/mol. The zero-order valence-electron chi connectivity index (χ0n) is 12.3. The molecule has 1 amide bonds. The summed E-state index contributed by atoms with van der Waals surface area (Å²) >= 11 is 1.32. The van der Waals surface area contributed by atoms with Crippen LogP contribution >= 0.6 is 11.3 Å². The molecule has 2 rings (SSSR count). The van der Waals surface area contributed by atoms with E-state index in [0.29, 0.717) is 16.3 Å². The Morgan fingerprint density at radius 2 is 2.15 bits per heavy atom.